The molecule has 0 radical (unpaired) electrons. The molecular formula is C12H9BrO2S. The molecule has 0 bridgehead atoms. The summed E-state index contributed by atoms with van der Waals surface area (Å²) in [6.45, 7) is 0. The summed E-state index contributed by atoms with van der Waals surface area (Å²) in [5.41, 5.74) is 2.06. The molecule has 0 fully saturated rings. The molecule has 16 heavy (non-hydrogen) atoms. The van der Waals surface area contributed by atoms with Crippen molar-refractivity contribution in [3.8, 4) is 0 Å². The van der Waals surface area contributed by atoms with Crippen LogP contribution in [0, 0.1) is 0 Å². The quantitative estimate of drug-likeness (QED) is 0.747. The lowest BCUT2D eigenvalue weighted by Gasteiger charge is -2.11. The van der Waals surface area contributed by atoms with E-state index in [2.05, 4.69) is 15.9 Å². The van der Waals surface area contributed by atoms with Crippen molar-refractivity contribution in [2.75, 3.05) is 0 Å². The summed E-state index contributed by atoms with van der Waals surface area (Å²) in [5.74, 6) is 0. The molecular weight excluding hydrogens is 288 g/mol. The highest BCUT2D eigenvalue weighted by Crippen LogP contribution is 2.27. The molecule has 1 aliphatic carbocycles. The number of hydrogen-bond acceptors (Lipinski definition) is 2. The molecule has 1 aromatic carbocycles. The fourth-order valence-electron chi connectivity index (χ4n) is 1.60. The summed E-state index contributed by atoms with van der Waals surface area (Å²) >= 11 is 3.33. The molecule has 0 unspecified atom stereocenters. The molecule has 0 amide bonds. The van der Waals surface area contributed by atoms with Crippen LogP contribution in [0.5, 0.6) is 0 Å². The Morgan fingerprint density at radius 1 is 1.06 bits per heavy atom. The molecule has 2 rings (SSSR count). The molecule has 0 saturated heterocycles. The van der Waals surface area contributed by atoms with Crippen LogP contribution in [0.15, 0.2) is 47.0 Å². The highest BCUT2D eigenvalue weighted by atomic mass is 79.9. The number of rotatable bonds is 1. The SMILES string of the molecule is O=S(=O)=C1C=C(Br)C=C(c2ccccc2)C1. The van der Waals surface area contributed by atoms with Gasteiger partial charge in [-0.1, -0.05) is 46.3 Å². The first kappa shape index (κ1) is 11.4. The van der Waals surface area contributed by atoms with Crippen LogP contribution >= 0.6 is 15.9 Å². The van der Waals surface area contributed by atoms with Crippen LogP contribution in [0.2, 0.25) is 0 Å². The molecule has 0 saturated carbocycles. The van der Waals surface area contributed by atoms with Gasteiger partial charge < -0.3 is 0 Å². The van der Waals surface area contributed by atoms with Crippen LogP contribution in [0.4, 0.5) is 0 Å². The number of halogens is 1. The van der Waals surface area contributed by atoms with Crippen LogP contribution in [0.3, 0.4) is 0 Å². The minimum atomic E-state index is -2.15. The lowest BCUT2D eigenvalue weighted by atomic mass is 9.97. The third-order valence-electron chi connectivity index (χ3n) is 2.33. The molecule has 0 aliphatic heterocycles. The minimum absolute atomic E-state index is 0.410. The van der Waals surface area contributed by atoms with Gasteiger partial charge in [0.1, 0.15) is 0 Å². The Kier molecular flexibility index (Phi) is 3.41. The Morgan fingerprint density at radius 3 is 2.38 bits per heavy atom. The van der Waals surface area contributed by atoms with Crippen molar-refractivity contribution in [2.24, 2.45) is 0 Å². The van der Waals surface area contributed by atoms with Crippen LogP contribution < -0.4 is 0 Å². The van der Waals surface area contributed by atoms with Crippen molar-refractivity contribution in [2.45, 2.75) is 6.42 Å². The van der Waals surface area contributed by atoms with Crippen LogP contribution in [0.25, 0.3) is 5.57 Å². The predicted molar refractivity (Wildman–Crippen MR) is 70.0 cm³/mol. The van der Waals surface area contributed by atoms with E-state index < -0.39 is 10.3 Å². The first-order valence-electron chi connectivity index (χ1n) is 4.75. The molecule has 82 valence electrons. The second-order valence-corrected chi connectivity index (χ2v) is 5.35. The fraction of sp³-hybridized carbons (Fsp3) is 0.0833. The van der Waals surface area contributed by atoms with Crippen molar-refractivity contribution < 1.29 is 8.42 Å². The molecule has 1 aliphatic rings. The topological polar surface area (TPSA) is 34.1 Å². The van der Waals surface area contributed by atoms with Crippen molar-refractivity contribution in [1.82, 2.24) is 0 Å². The van der Waals surface area contributed by atoms with E-state index in [-0.39, 0.29) is 0 Å². The highest BCUT2D eigenvalue weighted by Gasteiger charge is 2.11. The minimum Gasteiger partial charge on any atom is -0.184 e. The summed E-state index contributed by atoms with van der Waals surface area (Å²) in [6.07, 6.45) is 4.04. The van der Waals surface area contributed by atoms with Gasteiger partial charge in [-0.25, -0.2) is 0 Å². The van der Waals surface area contributed by atoms with Crippen molar-refractivity contribution >= 4 is 36.7 Å². The Bertz CT molecular complexity index is 587. The fourth-order valence-corrected chi connectivity index (χ4v) is 2.80. The predicted octanol–water partition coefficient (Wildman–Crippen LogP) is 2.80. The van der Waals surface area contributed by atoms with Gasteiger partial charge in [-0.15, -0.1) is 0 Å². The van der Waals surface area contributed by atoms with E-state index in [1.165, 1.54) is 0 Å². The second kappa shape index (κ2) is 4.80. The maximum atomic E-state index is 10.9. The molecule has 0 atom stereocenters. The lowest BCUT2D eigenvalue weighted by molar-refractivity contribution is 0.627. The molecule has 0 heterocycles. The molecule has 0 aromatic heterocycles. The van der Waals surface area contributed by atoms with Crippen LogP contribution in [-0.4, -0.2) is 13.3 Å². The van der Waals surface area contributed by atoms with E-state index in [0.29, 0.717) is 11.3 Å². The summed E-state index contributed by atoms with van der Waals surface area (Å²) < 4.78 is 22.7. The van der Waals surface area contributed by atoms with Gasteiger partial charge in [0.2, 0.25) is 10.3 Å². The number of allylic oxidation sites excluding steroid dienone is 4. The molecule has 4 heteroatoms. The monoisotopic (exact) mass is 296 g/mol. The number of hydrogen-bond donors (Lipinski definition) is 0. The third-order valence-corrected chi connectivity index (χ3v) is 3.48. The standard InChI is InChI=1S/C12H9BrO2S/c13-11-6-10(7-12(8-11)16(14)15)9-4-2-1-3-5-9/h1-6,8H,7H2. The van der Waals surface area contributed by atoms with Gasteiger partial charge in [-0.2, -0.15) is 8.42 Å². The van der Waals surface area contributed by atoms with E-state index in [9.17, 15) is 8.42 Å². The third kappa shape index (κ3) is 2.51. The van der Waals surface area contributed by atoms with Gasteiger partial charge in [0.05, 0.1) is 4.86 Å². The second-order valence-electron chi connectivity index (χ2n) is 3.44. The summed E-state index contributed by atoms with van der Waals surface area (Å²) in [6, 6.07) is 9.77. The Labute approximate surface area is 104 Å². The average molecular weight is 297 g/mol. The summed E-state index contributed by atoms with van der Waals surface area (Å²) in [4.78, 5) is 0.410. The van der Waals surface area contributed by atoms with Crippen molar-refractivity contribution in [3.63, 3.8) is 0 Å². The van der Waals surface area contributed by atoms with Gasteiger partial charge >= 0.3 is 0 Å². The van der Waals surface area contributed by atoms with E-state index in [1.54, 1.807) is 6.08 Å². The average Bonchev–Trinajstić information content (AvgIpc) is 2.29. The normalized spacial score (nSPS) is 15.4. The van der Waals surface area contributed by atoms with Gasteiger partial charge in [0.15, 0.2) is 0 Å². The van der Waals surface area contributed by atoms with E-state index in [1.807, 2.05) is 36.4 Å². The van der Waals surface area contributed by atoms with E-state index in [4.69, 9.17) is 0 Å². The molecule has 0 spiro atoms. The Hall–Kier alpha value is -1.13. The zero-order chi connectivity index (χ0) is 11.5. The van der Waals surface area contributed by atoms with E-state index >= 15 is 0 Å². The van der Waals surface area contributed by atoms with Crippen molar-refractivity contribution in [1.29, 1.82) is 0 Å². The number of benzene rings is 1. The zero-order valence-corrected chi connectivity index (χ0v) is 10.8. The smallest absolute Gasteiger partial charge is 0.184 e. The first-order chi connectivity index (χ1) is 7.66. The highest BCUT2D eigenvalue weighted by molar-refractivity contribution is 9.11. The summed E-state index contributed by atoms with van der Waals surface area (Å²) in [5, 5.41) is 0. The van der Waals surface area contributed by atoms with Crippen molar-refractivity contribution in [3.05, 3.63) is 52.5 Å². The lowest BCUT2D eigenvalue weighted by Crippen LogP contribution is -2.02. The maximum Gasteiger partial charge on any atom is 0.217 e. The largest absolute Gasteiger partial charge is 0.217 e. The molecule has 0 N–H and O–H groups in total. The van der Waals surface area contributed by atoms with Gasteiger partial charge in [0, 0.05) is 10.9 Å². The summed E-state index contributed by atoms with van der Waals surface area (Å²) in [7, 11) is -2.15. The maximum absolute atomic E-state index is 10.9. The first-order valence-corrected chi connectivity index (χ1v) is 6.62. The van der Waals surface area contributed by atoms with E-state index in [0.717, 1.165) is 15.6 Å². The van der Waals surface area contributed by atoms with Gasteiger partial charge in [-0.05, 0) is 23.3 Å². The molecule has 2 nitrogen and oxygen atoms in total. The van der Waals surface area contributed by atoms with Crippen LogP contribution in [0.1, 0.15) is 12.0 Å². The zero-order valence-electron chi connectivity index (χ0n) is 8.35. The van der Waals surface area contributed by atoms with Crippen LogP contribution in [-0.2, 0) is 10.3 Å². The Balaban J connectivity index is 2.47. The van der Waals surface area contributed by atoms with Gasteiger partial charge in [-0.3, -0.25) is 0 Å². The Morgan fingerprint density at radius 2 is 1.75 bits per heavy atom. The molecule has 1 aromatic rings. The van der Waals surface area contributed by atoms with Gasteiger partial charge in [0.25, 0.3) is 0 Å².